The summed E-state index contributed by atoms with van der Waals surface area (Å²) in [7, 11) is 1.60. The molecule has 0 bridgehead atoms. The highest BCUT2D eigenvalue weighted by molar-refractivity contribution is 5.46. The van der Waals surface area contributed by atoms with Crippen LogP contribution in [0.4, 0.5) is 4.39 Å². The topological polar surface area (TPSA) is 92.4 Å². The molecule has 3 aromatic rings. The third-order valence-electron chi connectivity index (χ3n) is 4.12. The van der Waals surface area contributed by atoms with Gasteiger partial charge in [-0.25, -0.2) is 14.4 Å². The Bertz CT molecular complexity index is 916. The molecule has 8 nitrogen and oxygen atoms in total. The molecule has 1 aliphatic heterocycles. The highest BCUT2D eigenvalue weighted by atomic mass is 19.1. The fourth-order valence-corrected chi connectivity index (χ4v) is 2.75. The van der Waals surface area contributed by atoms with Crippen molar-refractivity contribution in [1.82, 2.24) is 20.1 Å². The number of aromatic nitrogens is 4. The molecule has 0 spiro atoms. The second-order valence-electron chi connectivity index (χ2n) is 6.00. The van der Waals surface area contributed by atoms with Gasteiger partial charge in [0, 0.05) is 13.2 Å². The number of nitrogens with zero attached hydrogens (tertiary/aromatic N) is 4. The maximum absolute atomic E-state index is 13.3. The van der Waals surface area contributed by atoms with Crippen LogP contribution in [-0.2, 0) is 11.2 Å². The van der Waals surface area contributed by atoms with Crippen LogP contribution in [0.2, 0.25) is 0 Å². The van der Waals surface area contributed by atoms with E-state index in [0.717, 1.165) is 5.56 Å². The van der Waals surface area contributed by atoms with Crippen LogP contribution in [0.5, 0.6) is 11.6 Å². The number of hydrogen-bond donors (Lipinski definition) is 0. The van der Waals surface area contributed by atoms with E-state index in [0.29, 0.717) is 55.3 Å². The predicted octanol–water partition coefficient (Wildman–Crippen LogP) is 2.41. The number of rotatable bonds is 6. The normalized spacial score (nSPS) is 15.9. The molecular formula is C18H17FN4O4. The summed E-state index contributed by atoms with van der Waals surface area (Å²) >= 11 is 0. The second-order valence-corrected chi connectivity index (χ2v) is 6.00. The molecule has 3 heterocycles. The SMILES string of the molecule is COCCOc1cnc(-c2noc(C3COc4cc(F)ccc4C3)n2)cn1. The number of fused-ring (bicyclic) bond motifs is 1. The van der Waals surface area contributed by atoms with Crippen molar-refractivity contribution in [3.63, 3.8) is 0 Å². The van der Waals surface area contributed by atoms with Gasteiger partial charge in [-0.2, -0.15) is 4.98 Å². The van der Waals surface area contributed by atoms with Gasteiger partial charge in [0.25, 0.3) is 0 Å². The summed E-state index contributed by atoms with van der Waals surface area (Å²) in [4.78, 5) is 12.8. The average molecular weight is 372 g/mol. The van der Waals surface area contributed by atoms with Crippen LogP contribution < -0.4 is 9.47 Å². The molecule has 0 N–H and O–H groups in total. The molecule has 140 valence electrons. The zero-order valence-corrected chi connectivity index (χ0v) is 14.6. The van der Waals surface area contributed by atoms with Gasteiger partial charge < -0.3 is 18.7 Å². The fraction of sp³-hybridized carbons (Fsp3) is 0.333. The summed E-state index contributed by atoms with van der Waals surface area (Å²) < 4.78 is 34.6. The lowest BCUT2D eigenvalue weighted by atomic mass is 9.96. The largest absolute Gasteiger partial charge is 0.492 e. The van der Waals surface area contributed by atoms with Crippen LogP contribution in [-0.4, -0.2) is 47.0 Å². The lowest BCUT2D eigenvalue weighted by Gasteiger charge is -2.22. The first-order valence-corrected chi connectivity index (χ1v) is 8.42. The van der Waals surface area contributed by atoms with Crippen molar-refractivity contribution < 1.29 is 23.1 Å². The quantitative estimate of drug-likeness (QED) is 0.609. The van der Waals surface area contributed by atoms with Crippen LogP contribution in [0.1, 0.15) is 17.4 Å². The maximum atomic E-state index is 13.3. The monoisotopic (exact) mass is 372 g/mol. The van der Waals surface area contributed by atoms with E-state index in [4.69, 9.17) is 18.7 Å². The molecule has 9 heteroatoms. The first-order valence-electron chi connectivity index (χ1n) is 8.42. The molecule has 0 saturated carbocycles. The average Bonchev–Trinajstić information content (AvgIpc) is 3.18. The number of methoxy groups -OCH3 is 1. The Labute approximate surface area is 154 Å². The summed E-state index contributed by atoms with van der Waals surface area (Å²) in [5, 5.41) is 3.97. The van der Waals surface area contributed by atoms with Crippen LogP contribution in [0.25, 0.3) is 11.5 Å². The Kier molecular flexibility index (Phi) is 4.93. The van der Waals surface area contributed by atoms with Gasteiger partial charge in [-0.15, -0.1) is 0 Å². The second kappa shape index (κ2) is 7.67. The van der Waals surface area contributed by atoms with Gasteiger partial charge in [0.15, 0.2) is 0 Å². The Morgan fingerprint density at radius 2 is 2.15 bits per heavy atom. The summed E-state index contributed by atoms with van der Waals surface area (Å²) in [6.07, 6.45) is 3.65. The van der Waals surface area contributed by atoms with Crippen LogP contribution in [0.3, 0.4) is 0 Å². The summed E-state index contributed by atoms with van der Waals surface area (Å²) in [5.41, 5.74) is 1.38. The molecule has 0 radical (unpaired) electrons. The van der Waals surface area contributed by atoms with Crippen LogP contribution in [0, 0.1) is 5.82 Å². The van der Waals surface area contributed by atoms with Gasteiger partial charge in [-0.05, 0) is 18.1 Å². The highest BCUT2D eigenvalue weighted by Crippen LogP contribution is 2.32. The van der Waals surface area contributed by atoms with Crippen molar-refractivity contribution in [2.45, 2.75) is 12.3 Å². The van der Waals surface area contributed by atoms with Gasteiger partial charge in [0.1, 0.15) is 30.5 Å². The molecule has 1 aliphatic rings. The van der Waals surface area contributed by atoms with Crippen molar-refractivity contribution in [3.8, 4) is 23.1 Å². The lowest BCUT2D eigenvalue weighted by molar-refractivity contribution is 0.143. The Morgan fingerprint density at radius 3 is 2.96 bits per heavy atom. The molecule has 27 heavy (non-hydrogen) atoms. The molecule has 0 amide bonds. The van der Waals surface area contributed by atoms with E-state index in [1.807, 2.05) is 0 Å². The maximum Gasteiger partial charge on any atom is 0.233 e. The third kappa shape index (κ3) is 3.87. The van der Waals surface area contributed by atoms with Crippen LogP contribution >= 0.6 is 0 Å². The minimum atomic E-state index is -0.319. The molecule has 2 aromatic heterocycles. The molecule has 0 saturated heterocycles. The Balaban J connectivity index is 1.45. The van der Waals surface area contributed by atoms with Crippen molar-refractivity contribution >= 4 is 0 Å². The third-order valence-corrected chi connectivity index (χ3v) is 4.12. The summed E-state index contributed by atoms with van der Waals surface area (Å²) in [6, 6.07) is 4.51. The molecule has 0 fully saturated rings. The zero-order valence-electron chi connectivity index (χ0n) is 14.6. The van der Waals surface area contributed by atoms with E-state index >= 15 is 0 Å². The van der Waals surface area contributed by atoms with Crippen LogP contribution in [0.15, 0.2) is 35.1 Å². The van der Waals surface area contributed by atoms with E-state index in [9.17, 15) is 4.39 Å². The van der Waals surface area contributed by atoms with Gasteiger partial charge in [0.2, 0.25) is 17.6 Å². The molecular weight excluding hydrogens is 355 g/mol. The van der Waals surface area contributed by atoms with E-state index in [-0.39, 0.29) is 11.7 Å². The highest BCUT2D eigenvalue weighted by Gasteiger charge is 2.27. The van der Waals surface area contributed by atoms with E-state index in [2.05, 4.69) is 20.1 Å². The predicted molar refractivity (Wildman–Crippen MR) is 91.0 cm³/mol. The first-order chi connectivity index (χ1) is 13.2. The fourth-order valence-electron chi connectivity index (χ4n) is 2.75. The standard InChI is InChI=1S/C18H17FN4O4/c1-24-4-5-25-16-9-20-14(8-21-16)17-22-18(27-23-17)12-6-11-2-3-13(19)7-15(11)26-10-12/h2-3,7-9,12H,4-6,10H2,1H3. The molecule has 1 atom stereocenters. The van der Waals surface area contributed by atoms with E-state index in [1.165, 1.54) is 24.5 Å². The number of ether oxygens (including phenoxy) is 3. The van der Waals surface area contributed by atoms with Crippen molar-refractivity contribution in [2.75, 3.05) is 26.9 Å². The minimum absolute atomic E-state index is 0.103. The molecule has 1 aromatic carbocycles. The van der Waals surface area contributed by atoms with Crippen molar-refractivity contribution in [3.05, 3.63) is 47.9 Å². The number of hydrogen-bond acceptors (Lipinski definition) is 8. The van der Waals surface area contributed by atoms with Gasteiger partial charge in [0.05, 0.1) is 24.9 Å². The zero-order chi connectivity index (χ0) is 18.6. The number of benzene rings is 1. The van der Waals surface area contributed by atoms with Gasteiger partial charge >= 0.3 is 0 Å². The number of halogens is 1. The Morgan fingerprint density at radius 1 is 1.22 bits per heavy atom. The first kappa shape index (κ1) is 17.3. The smallest absolute Gasteiger partial charge is 0.233 e. The summed E-state index contributed by atoms with van der Waals surface area (Å²) in [5.74, 6) is 1.31. The Hall–Kier alpha value is -3.07. The van der Waals surface area contributed by atoms with E-state index in [1.54, 1.807) is 13.2 Å². The van der Waals surface area contributed by atoms with E-state index < -0.39 is 0 Å². The summed E-state index contributed by atoms with van der Waals surface area (Å²) in [6.45, 7) is 1.21. The molecule has 0 aliphatic carbocycles. The molecule has 4 rings (SSSR count). The van der Waals surface area contributed by atoms with Crippen molar-refractivity contribution in [2.24, 2.45) is 0 Å². The minimum Gasteiger partial charge on any atom is -0.492 e. The lowest BCUT2D eigenvalue weighted by Crippen LogP contribution is -2.19. The van der Waals surface area contributed by atoms with Gasteiger partial charge in [-0.1, -0.05) is 11.2 Å². The van der Waals surface area contributed by atoms with Gasteiger partial charge in [-0.3, -0.25) is 0 Å². The van der Waals surface area contributed by atoms with Crippen molar-refractivity contribution in [1.29, 1.82) is 0 Å². The molecule has 1 unspecified atom stereocenters.